The third-order valence-electron chi connectivity index (χ3n) is 5.08. The van der Waals surface area contributed by atoms with E-state index in [1.165, 1.54) is 5.56 Å². The van der Waals surface area contributed by atoms with Gasteiger partial charge in [0.25, 0.3) is 0 Å². The summed E-state index contributed by atoms with van der Waals surface area (Å²) in [7, 11) is 3.79. The van der Waals surface area contributed by atoms with Gasteiger partial charge in [0.2, 0.25) is 6.79 Å². The lowest BCUT2D eigenvalue weighted by Crippen LogP contribution is -2.52. The van der Waals surface area contributed by atoms with E-state index in [1.807, 2.05) is 37.1 Å². The first kappa shape index (κ1) is 17.7. The van der Waals surface area contributed by atoms with Crippen LogP contribution < -0.4 is 14.8 Å². The van der Waals surface area contributed by atoms with Crippen LogP contribution in [-0.4, -0.2) is 65.6 Å². The number of aromatic nitrogens is 2. The molecule has 2 aliphatic rings. The smallest absolute Gasteiger partial charge is 0.231 e. The Morgan fingerprint density at radius 1 is 1.15 bits per heavy atom. The summed E-state index contributed by atoms with van der Waals surface area (Å²) in [4.78, 5) is 9.21. The highest BCUT2D eigenvalue weighted by atomic mass is 16.7. The van der Waals surface area contributed by atoms with Crippen LogP contribution >= 0.6 is 0 Å². The van der Waals surface area contributed by atoms with Crippen molar-refractivity contribution >= 4 is 5.96 Å². The molecule has 4 rings (SSSR count). The van der Waals surface area contributed by atoms with Gasteiger partial charge in [-0.05, 0) is 23.8 Å². The highest BCUT2D eigenvalue weighted by molar-refractivity contribution is 5.79. The quantitative estimate of drug-likeness (QED) is 0.641. The molecule has 1 N–H and O–H groups in total. The number of ether oxygens (including phenoxy) is 2. The van der Waals surface area contributed by atoms with Crippen LogP contribution in [-0.2, 0) is 20.1 Å². The van der Waals surface area contributed by atoms with Crippen molar-refractivity contribution < 1.29 is 9.47 Å². The van der Waals surface area contributed by atoms with Gasteiger partial charge in [-0.15, -0.1) is 0 Å². The van der Waals surface area contributed by atoms with Gasteiger partial charge in [0.1, 0.15) is 0 Å². The fourth-order valence-corrected chi connectivity index (χ4v) is 3.49. The number of nitrogens with zero attached hydrogens (tertiary/aromatic N) is 5. The average Bonchev–Trinajstić information content (AvgIpc) is 3.32. The van der Waals surface area contributed by atoms with Crippen molar-refractivity contribution in [1.82, 2.24) is 24.9 Å². The molecule has 0 amide bonds. The van der Waals surface area contributed by atoms with E-state index in [9.17, 15) is 0 Å². The summed E-state index contributed by atoms with van der Waals surface area (Å²) in [6, 6.07) is 8.22. The maximum Gasteiger partial charge on any atom is 0.231 e. The van der Waals surface area contributed by atoms with Crippen molar-refractivity contribution in [3.63, 3.8) is 0 Å². The van der Waals surface area contributed by atoms with Crippen molar-refractivity contribution in [1.29, 1.82) is 0 Å². The zero-order valence-electron chi connectivity index (χ0n) is 15.9. The molecular weight excluding hydrogens is 344 g/mol. The Morgan fingerprint density at radius 3 is 2.70 bits per heavy atom. The van der Waals surface area contributed by atoms with Crippen LogP contribution in [0.4, 0.5) is 0 Å². The number of hydrogen-bond acceptors (Lipinski definition) is 5. The second-order valence-corrected chi connectivity index (χ2v) is 6.80. The van der Waals surface area contributed by atoms with E-state index in [1.54, 1.807) is 0 Å². The molecule has 2 aromatic rings. The van der Waals surface area contributed by atoms with Gasteiger partial charge in [-0.25, -0.2) is 0 Å². The molecular formula is C19H26N6O2. The highest BCUT2D eigenvalue weighted by Gasteiger charge is 2.21. The van der Waals surface area contributed by atoms with Crippen LogP contribution in [0.2, 0.25) is 0 Å². The topological polar surface area (TPSA) is 67.2 Å². The van der Waals surface area contributed by atoms with Gasteiger partial charge in [0.15, 0.2) is 17.5 Å². The predicted molar refractivity (Wildman–Crippen MR) is 103 cm³/mol. The predicted octanol–water partition coefficient (Wildman–Crippen LogP) is 1.04. The maximum absolute atomic E-state index is 5.48. The van der Waals surface area contributed by atoms with Gasteiger partial charge < -0.3 is 19.7 Å². The molecule has 1 fully saturated rings. The monoisotopic (exact) mass is 370 g/mol. The lowest BCUT2D eigenvalue weighted by Gasteiger charge is -2.36. The zero-order chi connectivity index (χ0) is 18.6. The van der Waals surface area contributed by atoms with Crippen molar-refractivity contribution in [2.45, 2.75) is 13.1 Å². The summed E-state index contributed by atoms with van der Waals surface area (Å²) in [6.07, 6.45) is 1.81. The van der Waals surface area contributed by atoms with E-state index < -0.39 is 0 Å². The number of guanidine groups is 1. The number of rotatable bonds is 4. The molecule has 0 radical (unpaired) electrons. The normalized spacial score (nSPS) is 17.4. The Kier molecular flexibility index (Phi) is 5.15. The Bertz CT molecular complexity index is 810. The van der Waals surface area contributed by atoms with Crippen molar-refractivity contribution in [3.05, 3.63) is 41.7 Å². The minimum Gasteiger partial charge on any atom is -0.454 e. The van der Waals surface area contributed by atoms with Gasteiger partial charge in [-0.2, -0.15) is 5.10 Å². The van der Waals surface area contributed by atoms with Gasteiger partial charge in [-0.3, -0.25) is 14.6 Å². The number of aliphatic imine (C=N–C) groups is 1. The molecule has 0 saturated carbocycles. The first-order valence-corrected chi connectivity index (χ1v) is 9.26. The molecule has 1 aromatic heterocycles. The van der Waals surface area contributed by atoms with Gasteiger partial charge in [-0.1, -0.05) is 6.07 Å². The molecule has 1 aromatic carbocycles. The average molecular weight is 370 g/mol. The molecule has 0 atom stereocenters. The Balaban J connectivity index is 1.28. The van der Waals surface area contributed by atoms with Crippen LogP contribution in [0.15, 0.2) is 35.5 Å². The number of piperazine rings is 1. The summed E-state index contributed by atoms with van der Waals surface area (Å²) >= 11 is 0. The molecule has 8 heteroatoms. The molecule has 0 bridgehead atoms. The fourth-order valence-electron chi connectivity index (χ4n) is 3.49. The van der Waals surface area contributed by atoms with Crippen molar-refractivity contribution in [2.75, 3.05) is 40.0 Å². The first-order chi connectivity index (χ1) is 13.2. The summed E-state index contributed by atoms with van der Waals surface area (Å²) in [5.41, 5.74) is 2.39. The van der Waals surface area contributed by atoms with Crippen LogP contribution in [0.25, 0.3) is 0 Å². The standard InChI is InChI=1S/C19H26N6O2/c1-20-19(21-12-16-5-6-22-23(16)2)25-9-7-24(8-10-25)13-15-3-4-17-18(11-15)27-14-26-17/h3-6,11H,7-10,12-14H2,1-2H3,(H,20,21). The highest BCUT2D eigenvalue weighted by Crippen LogP contribution is 2.32. The maximum atomic E-state index is 5.48. The minimum absolute atomic E-state index is 0.322. The molecule has 27 heavy (non-hydrogen) atoms. The Morgan fingerprint density at radius 2 is 1.96 bits per heavy atom. The third-order valence-corrected chi connectivity index (χ3v) is 5.08. The Labute approximate surface area is 159 Å². The number of hydrogen-bond donors (Lipinski definition) is 1. The van der Waals surface area contributed by atoms with E-state index in [0.717, 1.165) is 62.4 Å². The summed E-state index contributed by atoms with van der Waals surface area (Å²) < 4.78 is 12.7. The second kappa shape index (κ2) is 7.87. The molecule has 2 aliphatic heterocycles. The van der Waals surface area contributed by atoms with Crippen molar-refractivity contribution in [2.24, 2.45) is 12.0 Å². The molecule has 3 heterocycles. The fraction of sp³-hybridized carbons (Fsp3) is 0.474. The second-order valence-electron chi connectivity index (χ2n) is 6.80. The summed E-state index contributed by atoms with van der Waals surface area (Å²) in [5.74, 6) is 2.64. The van der Waals surface area contributed by atoms with E-state index in [0.29, 0.717) is 6.79 Å². The largest absolute Gasteiger partial charge is 0.454 e. The van der Waals surface area contributed by atoms with E-state index in [-0.39, 0.29) is 0 Å². The Hall–Kier alpha value is -2.74. The molecule has 0 unspecified atom stereocenters. The molecule has 1 saturated heterocycles. The van der Waals surface area contributed by atoms with E-state index >= 15 is 0 Å². The lowest BCUT2D eigenvalue weighted by atomic mass is 10.1. The minimum atomic E-state index is 0.322. The molecule has 0 spiro atoms. The van der Waals surface area contributed by atoms with Crippen LogP contribution in [0.5, 0.6) is 11.5 Å². The van der Waals surface area contributed by atoms with Gasteiger partial charge in [0.05, 0.1) is 12.2 Å². The van der Waals surface area contributed by atoms with Crippen LogP contribution in [0.1, 0.15) is 11.3 Å². The van der Waals surface area contributed by atoms with Crippen LogP contribution in [0, 0.1) is 0 Å². The number of aryl methyl sites for hydroxylation is 1. The molecule has 0 aliphatic carbocycles. The lowest BCUT2D eigenvalue weighted by molar-refractivity contribution is 0.171. The first-order valence-electron chi connectivity index (χ1n) is 9.26. The van der Waals surface area contributed by atoms with Gasteiger partial charge in [0, 0.05) is 53.0 Å². The molecule has 8 nitrogen and oxygen atoms in total. The van der Waals surface area contributed by atoms with Gasteiger partial charge >= 0.3 is 0 Å². The summed E-state index contributed by atoms with van der Waals surface area (Å²) in [5, 5.41) is 7.65. The van der Waals surface area contributed by atoms with E-state index in [4.69, 9.17) is 9.47 Å². The zero-order valence-corrected chi connectivity index (χ0v) is 15.9. The van der Waals surface area contributed by atoms with Crippen LogP contribution in [0.3, 0.4) is 0 Å². The third kappa shape index (κ3) is 4.00. The molecule has 144 valence electrons. The summed E-state index contributed by atoms with van der Waals surface area (Å²) in [6.45, 7) is 5.88. The number of benzene rings is 1. The number of nitrogens with one attached hydrogen (secondary N) is 1. The number of fused-ring (bicyclic) bond motifs is 1. The van der Waals surface area contributed by atoms with E-state index in [2.05, 4.69) is 37.3 Å². The SMILES string of the molecule is CN=C(NCc1ccnn1C)N1CCN(Cc2ccc3c(c2)OCO3)CC1. The van der Waals surface area contributed by atoms with Crippen molar-refractivity contribution in [3.8, 4) is 11.5 Å².